The van der Waals surface area contributed by atoms with Crippen molar-refractivity contribution in [3.05, 3.63) is 69.3 Å². The van der Waals surface area contributed by atoms with Gasteiger partial charge in [0.25, 0.3) is 17.5 Å². The Bertz CT molecular complexity index is 781. The zero-order chi connectivity index (χ0) is 15.9. The van der Waals surface area contributed by atoms with Gasteiger partial charge in [-0.05, 0) is 23.8 Å². The molecule has 0 bridgehead atoms. The van der Waals surface area contributed by atoms with E-state index < -0.39 is 4.92 Å². The number of nitrogen functional groups attached to an aromatic ring is 1. The third kappa shape index (κ3) is 2.08. The average Bonchev–Trinajstić information content (AvgIpc) is 2.73. The molecule has 0 unspecified atom stereocenters. The molecule has 0 saturated carbocycles. The molecule has 1 aliphatic heterocycles. The Labute approximate surface area is 125 Å². The minimum atomic E-state index is -0.582. The predicted octanol–water partition coefficient (Wildman–Crippen LogP) is 1.97. The van der Waals surface area contributed by atoms with Crippen LogP contribution in [-0.4, -0.2) is 21.6 Å². The van der Waals surface area contributed by atoms with Crippen molar-refractivity contribution in [3.8, 4) is 0 Å². The van der Waals surface area contributed by atoms with Crippen molar-refractivity contribution in [1.29, 1.82) is 0 Å². The lowest BCUT2D eigenvalue weighted by molar-refractivity contribution is -0.383. The summed E-state index contributed by atoms with van der Waals surface area (Å²) in [5, 5.41) is 10.7. The number of nitro groups is 1. The fourth-order valence-corrected chi connectivity index (χ4v) is 2.43. The van der Waals surface area contributed by atoms with E-state index in [4.69, 9.17) is 5.73 Å². The lowest BCUT2D eigenvalue weighted by atomic mass is 10.1. The lowest BCUT2D eigenvalue weighted by Gasteiger charge is -2.14. The van der Waals surface area contributed by atoms with E-state index in [1.165, 1.54) is 18.2 Å². The van der Waals surface area contributed by atoms with Gasteiger partial charge in [-0.1, -0.05) is 18.2 Å². The monoisotopic (exact) mass is 297 g/mol. The Morgan fingerprint density at radius 2 is 1.64 bits per heavy atom. The molecule has 110 valence electrons. The fourth-order valence-electron chi connectivity index (χ4n) is 2.43. The smallest absolute Gasteiger partial charge is 0.292 e. The molecule has 0 radical (unpaired) electrons. The molecule has 1 heterocycles. The number of anilines is 1. The topological polar surface area (TPSA) is 107 Å². The minimum Gasteiger partial charge on any atom is -0.393 e. The van der Waals surface area contributed by atoms with E-state index in [1.54, 1.807) is 24.3 Å². The van der Waals surface area contributed by atoms with Gasteiger partial charge in [0.15, 0.2) is 0 Å². The van der Waals surface area contributed by atoms with Crippen molar-refractivity contribution in [2.75, 3.05) is 5.73 Å². The first-order valence-corrected chi connectivity index (χ1v) is 6.47. The summed E-state index contributed by atoms with van der Waals surface area (Å²) in [6.07, 6.45) is 0. The van der Waals surface area contributed by atoms with Crippen molar-refractivity contribution in [3.63, 3.8) is 0 Å². The zero-order valence-electron chi connectivity index (χ0n) is 11.4. The summed E-state index contributed by atoms with van der Waals surface area (Å²) in [5.74, 6) is -0.755. The average molecular weight is 297 g/mol. The summed E-state index contributed by atoms with van der Waals surface area (Å²) in [6.45, 7) is 0.0224. The first kappa shape index (κ1) is 13.7. The number of carbonyl (C=O) groups is 2. The molecular weight excluding hydrogens is 286 g/mol. The summed E-state index contributed by atoms with van der Waals surface area (Å²) >= 11 is 0. The van der Waals surface area contributed by atoms with Gasteiger partial charge >= 0.3 is 0 Å². The van der Waals surface area contributed by atoms with Crippen LogP contribution in [0.3, 0.4) is 0 Å². The molecule has 7 nitrogen and oxygen atoms in total. The number of nitro benzene ring substituents is 1. The molecule has 0 saturated heterocycles. The Morgan fingerprint density at radius 3 is 2.14 bits per heavy atom. The third-order valence-electron chi connectivity index (χ3n) is 3.51. The molecule has 0 spiro atoms. The molecule has 2 amide bonds. The number of fused-ring (bicyclic) bond motifs is 1. The van der Waals surface area contributed by atoms with Gasteiger partial charge in [0.1, 0.15) is 5.69 Å². The quantitative estimate of drug-likeness (QED) is 0.403. The van der Waals surface area contributed by atoms with Crippen LogP contribution in [-0.2, 0) is 6.54 Å². The second-order valence-corrected chi connectivity index (χ2v) is 4.89. The third-order valence-corrected chi connectivity index (χ3v) is 3.51. The van der Waals surface area contributed by atoms with Gasteiger partial charge in [-0.15, -0.1) is 0 Å². The number of nitrogens with two attached hydrogens (primary N) is 1. The van der Waals surface area contributed by atoms with Gasteiger partial charge in [-0.2, -0.15) is 0 Å². The van der Waals surface area contributed by atoms with Crippen LogP contribution in [0.4, 0.5) is 11.4 Å². The molecule has 0 atom stereocenters. The van der Waals surface area contributed by atoms with Gasteiger partial charge < -0.3 is 5.73 Å². The van der Waals surface area contributed by atoms with E-state index in [0.717, 1.165) is 4.90 Å². The van der Waals surface area contributed by atoms with Crippen LogP contribution >= 0.6 is 0 Å². The number of amides is 2. The van der Waals surface area contributed by atoms with Gasteiger partial charge in [0.2, 0.25) is 0 Å². The van der Waals surface area contributed by atoms with Crippen molar-refractivity contribution in [1.82, 2.24) is 4.90 Å². The van der Waals surface area contributed by atoms with E-state index in [0.29, 0.717) is 16.7 Å². The highest BCUT2D eigenvalue weighted by Gasteiger charge is 2.35. The molecule has 3 rings (SSSR count). The molecular formula is C15H11N3O4. The largest absolute Gasteiger partial charge is 0.393 e. The summed E-state index contributed by atoms with van der Waals surface area (Å²) in [4.78, 5) is 35.7. The van der Waals surface area contributed by atoms with E-state index in [-0.39, 0.29) is 29.7 Å². The first-order valence-electron chi connectivity index (χ1n) is 6.47. The van der Waals surface area contributed by atoms with Crippen molar-refractivity contribution < 1.29 is 14.5 Å². The lowest BCUT2D eigenvalue weighted by Crippen LogP contribution is -2.29. The summed E-state index contributed by atoms with van der Waals surface area (Å²) in [6, 6.07) is 10.7. The number of hydrogen-bond acceptors (Lipinski definition) is 5. The maximum absolute atomic E-state index is 12.2. The number of hydrogen-bond donors (Lipinski definition) is 1. The highest BCUT2D eigenvalue weighted by Crippen LogP contribution is 2.27. The Hall–Kier alpha value is -3.22. The van der Waals surface area contributed by atoms with E-state index in [2.05, 4.69) is 0 Å². The Balaban J connectivity index is 1.89. The van der Waals surface area contributed by atoms with Crippen LogP contribution in [0.1, 0.15) is 26.3 Å². The fraction of sp³-hybridized carbons (Fsp3) is 0.0667. The molecule has 0 aliphatic carbocycles. The van der Waals surface area contributed by atoms with Crippen molar-refractivity contribution >= 4 is 23.2 Å². The van der Waals surface area contributed by atoms with Crippen LogP contribution in [0, 0.1) is 10.1 Å². The van der Waals surface area contributed by atoms with Crippen LogP contribution in [0.5, 0.6) is 0 Å². The van der Waals surface area contributed by atoms with E-state index in [1.807, 2.05) is 0 Å². The van der Waals surface area contributed by atoms with E-state index >= 15 is 0 Å². The molecule has 1 aliphatic rings. The van der Waals surface area contributed by atoms with E-state index in [9.17, 15) is 19.7 Å². The van der Waals surface area contributed by atoms with Crippen molar-refractivity contribution in [2.45, 2.75) is 6.54 Å². The summed E-state index contributed by atoms with van der Waals surface area (Å²) in [5.41, 5.74) is 6.70. The molecule has 0 aromatic heterocycles. The number of carbonyl (C=O) groups excluding carboxylic acids is 2. The SMILES string of the molecule is Nc1cc(CN2C(=O)c3ccccc3C2=O)ccc1[N+](=O)[O-]. The molecule has 2 aromatic carbocycles. The summed E-state index contributed by atoms with van der Waals surface area (Å²) in [7, 11) is 0. The van der Waals surface area contributed by atoms with Crippen molar-refractivity contribution in [2.24, 2.45) is 0 Å². The number of imide groups is 1. The highest BCUT2D eigenvalue weighted by molar-refractivity contribution is 6.21. The number of benzene rings is 2. The number of rotatable bonds is 3. The van der Waals surface area contributed by atoms with Crippen LogP contribution < -0.4 is 5.73 Å². The standard InChI is InChI=1S/C15H11N3O4/c16-12-7-9(5-6-13(12)18(21)22)8-17-14(19)10-3-1-2-4-11(10)15(17)20/h1-7H,8,16H2. The molecule has 2 aromatic rings. The second kappa shape index (κ2) is 4.96. The molecule has 2 N–H and O–H groups in total. The predicted molar refractivity (Wildman–Crippen MR) is 78.2 cm³/mol. The van der Waals surface area contributed by atoms with Gasteiger partial charge in [-0.3, -0.25) is 24.6 Å². The number of nitrogens with zero attached hydrogens (tertiary/aromatic N) is 2. The van der Waals surface area contributed by atoms with Gasteiger partial charge in [0, 0.05) is 6.07 Å². The normalized spacial score (nSPS) is 13.4. The van der Waals surface area contributed by atoms with Gasteiger partial charge in [-0.25, -0.2) is 0 Å². The van der Waals surface area contributed by atoms with Crippen LogP contribution in [0.15, 0.2) is 42.5 Å². The summed E-state index contributed by atoms with van der Waals surface area (Å²) < 4.78 is 0. The first-order chi connectivity index (χ1) is 10.5. The second-order valence-electron chi connectivity index (χ2n) is 4.89. The molecule has 0 fully saturated rings. The van der Waals surface area contributed by atoms with Crippen LogP contribution in [0.25, 0.3) is 0 Å². The van der Waals surface area contributed by atoms with Crippen LogP contribution in [0.2, 0.25) is 0 Å². The minimum absolute atomic E-state index is 0.000825. The Morgan fingerprint density at radius 1 is 1.05 bits per heavy atom. The maximum Gasteiger partial charge on any atom is 0.292 e. The Kier molecular flexibility index (Phi) is 3.10. The molecule has 7 heteroatoms. The maximum atomic E-state index is 12.2. The zero-order valence-corrected chi connectivity index (χ0v) is 11.4. The molecule has 22 heavy (non-hydrogen) atoms. The highest BCUT2D eigenvalue weighted by atomic mass is 16.6. The van der Waals surface area contributed by atoms with Gasteiger partial charge in [0.05, 0.1) is 22.6 Å².